The highest BCUT2D eigenvalue weighted by Crippen LogP contribution is 2.30. The van der Waals surface area contributed by atoms with Crippen molar-refractivity contribution in [3.8, 4) is 22.9 Å². The number of imide groups is 1. The van der Waals surface area contributed by atoms with Gasteiger partial charge in [0.1, 0.15) is 13.4 Å². The second-order valence-corrected chi connectivity index (χ2v) is 7.02. The van der Waals surface area contributed by atoms with Gasteiger partial charge in [0, 0.05) is 11.8 Å². The molecule has 0 aliphatic heterocycles. The summed E-state index contributed by atoms with van der Waals surface area (Å²) in [7, 11) is 5.80. The molecule has 2 amide bonds. The highest BCUT2D eigenvalue weighted by atomic mass is 16.6. The summed E-state index contributed by atoms with van der Waals surface area (Å²) >= 11 is 0. The fourth-order valence-electron chi connectivity index (χ4n) is 2.40. The lowest BCUT2D eigenvalue weighted by Gasteiger charge is -2.24. The summed E-state index contributed by atoms with van der Waals surface area (Å²) < 4.78 is 10.9. The molecule has 3 aromatic rings. The van der Waals surface area contributed by atoms with E-state index in [4.69, 9.17) is 17.0 Å². The van der Waals surface area contributed by atoms with Gasteiger partial charge < -0.3 is 14.3 Å². The number of nitrogens with zero attached hydrogens (tertiary/aromatic N) is 4. The number of ether oxygens (including phenoxy) is 1. The molecule has 29 heavy (non-hydrogen) atoms. The van der Waals surface area contributed by atoms with Gasteiger partial charge >= 0.3 is 12.2 Å². The Morgan fingerprint density at radius 3 is 2.41 bits per heavy atom. The number of carboxylic acid groups (broad SMARTS) is 1. The third-order valence-electron chi connectivity index (χ3n) is 3.54. The number of hydrogen-bond acceptors (Lipinski definition) is 7. The summed E-state index contributed by atoms with van der Waals surface area (Å²) in [6.07, 6.45) is -1.49. The molecule has 0 bridgehead atoms. The number of carbonyl (C=O) groups excluding carboxylic acids is 1. The molecular weight excluding hydrogens is 375 g/mol. The normalized spacial score (nSPS) is 11.1. The number of pyridine rings is 1. The van der Waals surface area contributed by atoms with Gasteiger partial charge in [-0.25, -0.2) is 14.6 Å². The van der Waals surface area contributed by atoms with E-state index < -0.39 is 17.8 Å². The molecule has 2 aromatic heterocycles. The van der Waals surface area contributed by atoms with Crippen LogP contribution in [0.3, 0.4) is 0 Å². The van der Waals surface area contributed by atoms with Gasteiger partial charge in [-0.1, -0.05) is 29.7 Å². The molecule has 2 heterocycles. The van der Waals surface area contributed by atoms with Crippen molar-refractivity contribution in [2.45, 2.75) is 26.4 Å². The number of carbonyl (C=O) groups is 2. The highest BCUT2D eigenvalue weighted by molar-refractivity contribution is 6.32. The Hall–Kier alpha value is -3.69. The zero-order valence-electron chi connectivity index (χ0n) is 16.0. The Morgan fingerprint density at radius 1 is 1.14 bits per heavy atom. The van der Waals surface area contributed by atoms with Crippen LogP contribution < -0.4 is 10.4 Å². The van der Waals surface area contributed by atoms with E-state index in [1.54, 1.807) is 45.0 Å². The molecule has 1 N–H and O–H groups in total. The molecule has 9 nitrogen and oxygen atoms in total. The van der Waals surface area contributed by atoms with Crippen LogP contribution in [0, 0.1) is 0 Å². The molecule has 0 saturated carbocycles. The van der Waals surface area contributed by atoms with Gasteiger partial charge in [-0.05, 0) is 32.9 Å². The number of anilines is 1. The van der Waals surface area contributed by atoms with Crippen molar-refractivity contribution in [3.05, 3.63) is 42.6 Å². The largest absolute Gasteiger partial charge is 0.464 e. The Morgan fingerprint density at radius 2 is 1.79 bits per heavy atom. The minimum absolute atomic E-state index is 0.0477. The minimum Gasteiger partial charge on any atom is -0.464 e. The zero-order valence-corrected chi connectivity index (χ0v) is 16.0. The van der Waals surface area contributed by atoms with Gasteiger partial charge in [-0.15, -0.1) is 10.2 Å². The first kappa shape index (κ1) is 20.1. The molecule has 0 fully saturated rings. The van der Waals surface area contributed by atoms with Crippen LogP contribution in [0.15, 0.2) is 47.0 Å². The number of rotatable bonds is 3. The van der Waals surface area contributed by atoms with E-state index in [2.05, 4.69) is 15.2 Å². The summed E-state index contributed by atoms with van der Waals surface area (Å²) in [5, 5.41) is 17.5. The van der Waals surface area contributed by atoms with Gasteiger partial charge in [-0.2, -0.15) is 4.90 Å². The monoisotopic (exact) mass is 392 g/mol. The second kappa shape index (κ2) is 7.74. The van der Waals surface area contributed by atoms with Crippen molar-refractivity contribution in [1.82, 2.24) is 15.2 Å². The first-order valence-electron chi connectivity index (χ1n) is 8.56. The molecule has 0 unspecified atom stereocenters. The maximum atomic E-state index is 12.5. The molecule has 0 aliphatic rings. The predicted octanol–water partition coefficient (Wildman–Crippen LogP) is 3.01. The van der Waals surface area contributed by atoms with E-state index in [-0.39, 0.29) is 28.6 Å². The average molecular weight is 392 g/mol. The van der Waals surface area contributed by atoms with Gasteiger partial charge in [0.05, 0.1) is 5.56 Å². The molecule has 3 rings (SSSR count). The summed E-state index contributed by atoms with van der Waals surface area (Å²) in [4.78, 5) is 28.7. The fraction of sp³-hybridized carbons (Fsp3) is 0.211. The quantitative estimate of drug-likeness (QED) is 0.676. The lowest BCUT2D eigenvalue weighted by atomic mass is 9.96. The number of benzene rings is 1. The van der Waals surface area contributed by atoms with Gasteiger partial charge in [0.2, 0.25) is 5.89 Å². The van der Waals surface area contributed by atoms with Crippen molar-refractivity contribution < 1.29 is 23.8 Å². The molecule has 0 spiro atoms. The topological polar surface area (TPSA) is 119 Å². The lowest BCUT2D eigenvalue weighted by Crippen LogP contribution is -2.41. The van der Waals surface area contributed by atoms with E-state index in [1.807, 2.05) is 6.07 Å². The molecule has 0 saturated heterocycles. The number of amides is 2. The first-order chi connectivity index (χ1) is 13.7. The SMILES string of the molecule is [B]c1cnc(N(C(=O)O)C(=O)OC(C)(C)C)c(-c2nnc(-c3ccccc3)o2)c1. The molecule has 0 aliphatic carbocycles. The minimum atomic E-state index is -1.58. The van der Waals surface area contributed by atoms with E-state index >= 15 is 0 Å². The van der Waals surface area contributed by atoms with Crippen LogP contribution in [0.2, 0.25) is 0 Å². The highest BCUT2D eigenvalue weighted by Gasteiger charge is 2.33. The standard InChI is InChI=1S/C19H17BN4O5/c1-19(2,3)29-18(27)24(17(25)26)14-13(9-12(20)10-21-14)16-23-22-15(28-16)11-7-5-4-6-8-11/h4-10H,1-3H3,(H,25,26). The Bertz CT molecular complexity index is 1050. The van der Waals surface area contributed by atoms with Crippen molar-refractivity contribution in [3.63, 3.8) is 0 Å². The summed E-state index contributed by atoms with van der Waals surface area (Å²) in [6, 6.07) is 10.4. The molecule has 10 heteroatoms. The third kappa shape index (κ3) is 4.60. The lowest BCUT2D eigenvalue weighted by molar-refractivity contribution is 0.0581. The van der Waals surface area contributed by atoms with Crippen molar-refractivity contribution >= 4 is 31.3 Å². The van der Waals surface area contributed by atoms with Crippen LogP contribution in [0.5, 0.6) is 0 Å². The molecule has 0 atom stereocenters. The van der Waals surface area contributed by atoms with E-state index in [9.17, 15) is 14.7 Å². The fourth-order valence-corrected chi connectivity index (χ4v) is 2.40. The van der Waals surface area contributed by atoms with Crippen LogP contribution in [-0.2, 0) is 4.74 Å². The van der Waals surface area contributed by atoms with Crippen molar-refractivity contribution in [2.24, 2.45) is 0 Å². The van der Waals surface area contributed by atoms with Gasteiger partial charge in [0.25, 0.3) is 5.89 Å². The van der Waals surface area contributed by atoms with Crippen LogP contribution in [0.1, 0.15) is 20.8 Å². The van der Waals surface area contributed by atoms with Crippen LogP contribution in [-0.4, -0.2) is 45.9 Å². The smallest absolute Gasteiger partial charge is 0.425 e. The molecular formula is C19H17BN4O5. The number of aromatic nitrogens is 3. The predicted molar refractivity (Wildman–Crippen MR) is 105 cm³/mol. The first-order valence-corrected chi connectivity index (χ1v) is 8.56. The van der Waals surface area contributed by atoms with E-state index in [1.165, 1.54) is 12.3 Å². The third-order valence-corrected chi connectivity index (χ3v) is 3.54. The second-order valence-electron chi connectivity index (χ2n) is 7.02. The van der Waals surface area contributed by atoms with Crippen molar-refractivity contribution in [1.29, 1.82) is 0 Å². The van der Waals surface area contributed by atoms with Crippen LogP contribution in [0.4, 0.5) is 15.4 Å². The Balaban J connectivity index is 2.07. The summed E-state index contributed by atoms with van der Waals surface area (Å²) in [6.45, 7) is 4.85. The van der Waals surface area contributed by atoms with Crippen LogP contribution in [0.25, 0.3) is 22.9 Å². The molecule has 1 aromatic carbocycles. The van der Waals surface area contributed by atoms with E-state index in [0.29, 0.717) is 10.5 Å². The number of hydrogen-bond donors (Lipinski definition) is 1. The van der Waals surface area contributed by atoms with Gasteiger partial charge in [0.15, 0.2) is 5.82 Å². The zero-order chi connectivity index (χ0) is 21.2. The average Bonchev–Trinajstić information content (AvgIpc) is 3.12. The molecule has 146 valence electrons. The summed E-state index contributed by atoms with van der Waals surface area (Å²) in [5.41, 5.74) is 0.0570. The maximum Gasteiger partial charge on any atom is 0.425 e. The molecule has 2 radical (unpaired) electrons. The van der Waals surface area contributed by atoms with E-state index in [0.717, 1.165) is 0 Å². The Labute approximate surface area is 167 Å². The Kier molecular flexibility index (Phi) is 5.36. The maximum absolute atomic E-state index is 12.5. The summed E-state index contributed by atoms with van der Waals surface area (Å²) in [5.74, 6) is -0.0919. The van der Waals surface area contributed by atoms with Gasteiger partial charge in [-0.3, -0.25) is 0 Å². The van der Waals surface area contributed by atoms with Crippen LogP contribution >= 0.6 is 0 Å². The van der Waals surface area contributed by atoms with Crippen molar-refractivity contribution in [2.75, 3.05) is 4.90 Å².